The summed E-state index contributed by atoms with van der Waals surface area (Å²) in [7, 11) is 0. The van der Waals surface area contributed by atoms with E-state index in [1.54, 1.807) is 24.3 Å². The summed E-state index contributed by atoms with van der Waals surface area (Å²) < 4.78 is 0. The van der Waals surface area contributed by atoms with E-state index < -0.39 is 17.7 Å². The third-order valence-electron chi connectivity index (χ3n) is 2.12. The quantitative estimate of drug-likeness (QED) is 0.623. The van der Waals surface area contributed by atoms with Crippen molar-refractivity contribution in [3.8, 4) is 0 Å². The van der Waals surface area contributed by atoms with Crippen molar-refractivity contribution in [3.05, 3.63) is 35.9 Å². The summed E-state index contributed by atoms with van der Waals surface area (Å²) in [6, 6.07) is 8.87. The number of hydrogen-bond acceptors (Lipinski definition) is 3. The highest BCUT2D eigenvalue weighted by molar-refractivity contribution is 7.80. The molecule has 1 atom stereocenters. The van der Waals surface area contributed by atoms with Crippen LogP contribution in [0.4, 0.5) is 0 Å². The summed E-state index contributed by atoms with van der Waals surface area (Å²) in [4.78, 5) is 22.4. The lowest BCUT2D eigenvalue weighted by atomic mass is 9.98. The van der Waals surface area contributed by atoms with E-state index in [2.05, 4.69) is 5.32 Å². The van der Waals surface area contributed by atoms with Gasteiger partial charge >= 0.3 is 0 Å². The standard InChI is InChI=1S/C11H13N3O2S/c12-8(15)6-14-11(16)9(10(13)17)7-4-2-1-3-5-7/h1-5,9H,6H2,(H2,12,15)(H2,13,17)(H,14,16). The molecule has 5 N–H and O–H groups in total. The lowest BCUT2D eigenvalue weighted by Crippen LogP contribution is -2.40. The maximum Gasteiger partial charge on any atom is 0.236 e. The predicted molar refractivity (Wildman–Crippen MR) is 68.2 cm³/mol. The van der Waals surface area contributed by atoms with Crippen LogP contribution in [0.3, 0.4) is 0 Å². The van der Waals surface area contributed by atoms with E-state index in [1.165, 1.54) is 0 Å². The topological polar surface area (TPSA) is 98.2 Å². The summed E-state index contributed by atoms with van der Waals surface area (Å²) in [5, 5.41) is 2.38. The maximum atomic E-state index is 11.8. The van der Waals surface area contributed by atoms with Gasteiger partial charge in [-0.05, 0) is 5.56 Å². The highest BCUT2D eigenvalue weighted by Gasteiger charge is 2.23. The summed E-state index contributed by atoms with van der Waals surface area (Å²) >= 11 is 4.86. The van der Waals surface area contributed by atoms with E-state index in [1.807, 2.05) is 6.07 Å². The molecule has 0 fully saturated rings. The monoisotopic (exact) mass is 251 g/mol. The molecule has 0 spiro atoms. The number of amides is 2. The fourth-order valence-corrected chi connectivity index (χ4v) is 1.61. The summed E-state index contributed by atoms with van der Waals surface area (Å²) in [6.45, 7) is -0.231. The van der Waals surface area contributed by atoms with E-state index >= 15 is 0 Å². The van der Waals surface area contributed by atoms with Gasteiger partial charge in [0.05, 0.1) is 11.5 Å². The number of carbonyl (C=O) groups excluding carboxylic acids is 2. The van der Waals surface area contributed by atoms with Crippen molar-refractivity contribution in [2.24, 2.45) is 11.5 Å². The number of primary amides is 1. The largest absolute Gasteiger partial charge is 0.392 e. The average Bonchev–Trinajstić information content (AvgIpc) is 2.27. The van der Waals surface area contributed by atoms with Crippen LogP contribution in [-0.2, 0) is 9.59 Å². The van der Waals surface area contributed by atoms with Crippen LogP contribution in [0.25, 0.3) is 0 Å². The molecule has 0 bridgehead atoms. The maximum absolute atomic E-state index is 11.8. The van der Waals surface area contributed by atoms with Crippen LogP contribution in [-0.4, -0.2) is 23.3 Å². The summed E-state index contributed by atoms with van der Waals surface area (Å²) in [5.41, 5.74) is 11.2. The SMILES string of the molecule is NC(=O)CNC(=O)C(C(N)=S)c1ccccc1. The molecule has 1 aromatic carbocycles. The molecule has 0 aromatic heterocycles. The van der Waals surface area contributed by atoms with E-state index in [9.17, 15) is 9.59 Å². The molecule has 0 aliphatic heterocycles. The molecule has 2 amide bonds. The average molecular weight is 251 g/mol. The molecule has 90 valence electrons. The normalized spacial score (nSPS) is 11.5. The molecule has 1 unspecified atom stereocenters. The molecule has 0 saturated heterocycles. The van der Waals surface area contributed by atoms with Gasteiger partial charge in [-0.2, -0.15) is 0 Å². The third-order valence-corrected chi connectivity index (χ3v) is 2.35. The Kier molecular flexibility index (Phi) is 4.59. The predicted octanol–water partition coefficient (Wildman–Crippen LogP) is -0.342. The van der Waals surface area contributed by atoms with Crippen molar-refractivity contribution in [1.82, 2.24) is 5.32 Å². The first-order valence-corrected chi connectivity index (χ1v) is 5.33. The van der Waals surface area contributed by atoms with Gasteiger partial charge in [0, 0.05) is 0 Å². The van der Waals surface area contributed by atoms with Gasteiger partial charge in [0.2, 0.25) is 11.8 Å². The van der Waals surface area contributed by atoms with Crippen molar-refractivity contribution < 1.29 is 9.59 Å². The van der Waals surface area contributed by atoms with Gasteiger partial charge in [-0.25, -0.2) is 0 Å². The van der Waals surface area contributed by atoms with Crippen LogP contribution in [0.2, 0.25) is 0 Å². The first-order chi connectivity index (χ1) is 8.02. The number of hydrogen-bond donors (Lipinski definition) is 3. The molecule has 1 aromatic rings. The lowest BCUT2D eigenvalue weighted by molar-refractivity contribution is -0.124. The number of nitrogens with one attached hydrogen (secondary N) is 1. The Bertz CT molecular complexity index is 434. The minimum absolute atomic E-state index is 0.0539. The molecule has 0 aliphatic rings. The van der Waals surface area contributed by atoms with Crippen molar-refractivity contribution in [2.45, 2.75) is 5.92 Å². The Hall–Kier alpha value is -1.95. The molecular formula is C11H13N3O2S. The molecule has 0 aliphatic carbocycles. The first kappa shape index (κ1) is 13.1. The number of nitrogens with two attached hydrogens (primary N) is 2. The highest BCUT2D eigenvalue weighted by atomic mass is 32.1. The Labute approximate surface area is 104 Å². The van der Waals surface area contributed by atoms with E-state index in [0.717, 1.165) is 0 Å². The Balaban J connectivity index is 2.84. The van der Waals surface area contributed by atoms with E-state index in [-0.39, 0.29) is 11.5 Å². The molecular weight excluding hydrogens is 238 g/mol. The zero-order valence-corrected chi connectivity index (χ0v) is 9.87. The van der Waals surface area contributed by atoms with Crippen molar-refractivity contribution in [1.29, 1.82) is 0 Å². The minimum atomic E-state index is -0.745. The fraction of sp³-hybridized carbons (Fsp3) is 0.182. The van der Waals surface area contributed by atoms with E-state index in [4.69, 9.17) is 23.7 Å². The molecule has 6 heteroatoms. The van der Waals surface area contributed by atoms with Gasteiger partial charge in [0.25, 0.3) is 0 Å². The summed E-state index contributed by atoms with van der Waals surface area (Å²) in [6.07, 6.45) is 0. The number of rotatable bonds is 5. The zero-order valence-electron chi connectivity index (χ0n) is 9.05. The van der Waals surface area contributed by atoms with Crippen LogP contribution < -0.4 is 16.8 Å². The molecule has 0 heterocycles. The first-order valence-electron chi connectivity index (χ1n) is 4.92. The second kappa shape index (κ2) is 5.95. The Morgan fingerprint density at radius 3 is 2.29 bits per heavy atom. The molecule has 0 saturated carbocycles. The van der Waals surface area contributed by atoms with Gasteiger partial charge in [-0.3, -0.25) is 9.59 Å². The van der Waals surface area contributed by atoms with Crippen LogP contribution in [0.1, 0.15) is 11.5 Å². The molecule has 0 radical (unpaired) electrons. The van der Waals surface area contributed by atoms with Gasteiger partial charge in [0.15, 0.2) is 0 Å². The van der Waals surface area contributed by atoms with Crippen LogP contribution in [0.5, 0.6) is 0 Å². The molecule has 17 heavy (non-hydrogen) atoms. The number of thiocarbonyl (C=S) groups is 1. The number of carbonyl (C=O) groups is 2. The van der Waals surface area contributed by atoms with Gasteiger partial charge in [-0.15, -0.1) is 0 Å². The molecule has 5 nitrogen and oxygen atoms in total. The van der Waals surface area contributed by atoms with Gasteiger partial charge < -0.3 is 16.8 Å². The smallest absolute Gasteiger partial charge is 0.236 e. The second-order valence-corrected chi connectivity index (χ2v) is 3.90. The van der Waals surface area contributed by atoms with Gasteiger partial charge in [0.1, 0.15) is 5.92 Å². The third kappa shape index (κ3) is 3.84. The van der Waals surface area contributed by atoms with E-state index in [0.29, 0.717) is 5.56 Å². The highest BCUT2D eigenvalue weighted by Crippen LogP contribution is 2.15. The van der Waals surface area contributed by atoms with Crippen molar-refractivity contribution in [2.75, 3.05) is 6.54 Å². The number of benzene rings is 1. The Morgan fingerprint density at radius 2 is 1.82 bits per heavy atom. The minimum Gasteiger partial charge on any atom is -0.392 e. The van der Waals surface area contributed by atoms with Crippen molar-refractivity contribution in [3.63, 3.8) is 0 Å². The van der Waals surface area contributed by atoms with Crippen LogP contribution in [0.15, 0.2) is 30.3 Å². The Morgan fingerprint density at radius 1 is 1.24 bits per heavy atom. The lowest BCUT2D eigenvalue weighted by Gasteiger charge is -2.15. The van der Waals surface area contributed by atoms with Crippen LogP contribution >= 0.6 is 12.2 Å². The van der Waals surface area contributed by atoms with Gasteiger partial charge in [-0.1, -0.05) is 42.5 Å². The second-order valence-electron chi connectivity index (χ2n) is 3.43. The fourth-order valence-electron chi connectivity index (χ4n) is 1.37. The molecule has 1 rings (SSSR count). The van der Waals surface area contributed by atoms with Crippen LogP contribution in [0, 0.1) is 0 Å². The van der Waals surface area contributed by atoms with Crippen molar-refractivity contribution >= 4 is 29.0 Å². The summed E-state index contributed by atoms with van der Waals surface area (Å²) in [5.74, 6) is -1.79. The zero-order chi connectivity index (χ0) is 12.8.